The van der Waals surface area contributed by atoms with Crippen molar-refractivity contribution < 1.29 is 14.3 Å². The first-order valence-electron chi connectivity index (χ1n) is 5.12. The topological polar surface area (TPSA) is 35.5 Å². The Morgan fingerprint density at radius 1 is 1.38 bits per heavy atom. The Kier molecular flexibility index (Phi) is 5.29. The maximum Gasteiger partial charge on any atom is 0.303 e. The lowest BCUT2D eigenvalue weighted by molar-refractivity contribution is -0.144. The van der Waals surface area contributed by atoms with Crippen molar-refractivity contribution in [3.05, 3.63) is 48.0 Å². The zero-order valence-electron chi connectivity index (χ0n) is 9.55. The van der Waals surface area contributed by atoms with Gasteiger partial charge < -0.3 is 9.47 Å². The molecule has 0 heterocycles. The second-order valence-electron chi connectivity index (χ2n) is 3.32. The number of methoxy groups -OCH3 is 1. The molecule has 0 aliphatic carbocycles. The Balaban J connectivity index is 2.75. The van der Waals surface area contributed by atoms with Gasteiger partial charge in [-0.05, 0) is 11.6 Å². The van der Waals surface area contributed by atoms with Crippen LogP contribution >= 0.6 is 0 Å². The van der Waals surface area contributed by atoms with Gasteiger partial charge in [0.1, 0.15) is 6.10 Å². The van der Waals surface area contributed by atoms with Crippen molar-refractivity contribution >= 4 is 5.97 Å². The van der Waals surface area contributed by atoms with Crippen LogP contribution in [0.3, 0.4) is 0 Å². The normalized spacial score (nSPS) is 12.6. The first kappa shape index (κ1) is 12.5. The highest BCUT2D eigenvalue weighted by atomic mass is 16.5. The van der Waals surface area contributed by atoms with Crippen molar-refractivity contribution in [1.82, 2.24) is 0 Å². The van der Waals surface area contributed by atoms with E-state index < -0.39 is 0 Å². The monoisotopic (exact) mass is 220 g/mol. The van der Waals surface area contributed by atoms with Crippen LogP contribution in [0.5, 0.6) is 0 Å². The van der Waals surface area contributed by atoms with Gasteiger partial charge in [-0.1, -0.05) is 36.4 Å². The van der Waals surface area contributed by atoms with Crippen molar-refractivity contribution in [3.8, 4) is 0 Å². The Hall–Kier alpha value is -1.61. The van der Waals surface area contributed by atoms with Gasteiger partial charge in [0.25, 0.3) is 0 Å². The second kappa shape index (κ2) is 6.80. The van der Waals surface area contributed by atoms with E-state index in [1.165, 1.54) is 6.92 Å². The summed E-state index contributed by atoms with van der Waals surface area (Å²) >= 11 is 0. The van der Waals surface area contributed by atoms with Gasteiger partial charge in [0.15, 0.2) is 0 Å². The summed E-state index contributed by atoms with van der Waals surface area (Å²) < 4.78 is 10.1. The van der Waals surface area contributed by atoms with Crippen LogP contribution in [0.1, 0.15) is 18.6 Å². The predicted octanol–water partition coefficient (Wildman–Crippen LogP) is 2.49. The molecule has 0 spiro atoms. The average molecular weight is 220 g/mol. The summed E-state index contributed by atoms with van der Waals surface area (Å²) in [4.78, 5) is 11.0. The van der Waals surface area contributed by atoms with Gasteiger partial charge in [-0.15, -0.1) is 0 Å². The van der Waals surface area contributed by atoms with Crippen LogP contribution < -0.4 is 0 Å². The smallest absolute Gasteiger partial charge is 0.303 e. The van der Waals surface area contributed by atoms with Gasteiger partial charge in [0.05, 0.1) is 6.61 Å². The minimum atomic E-state index is -0.339. The molecule has 1 atom stereocenters. The van der Waals surface area contributed by atoms with Crippen molar-refractivity contribution in [3.63, 3.8) is 0 Å². The molecule has 0 saturated carbocycles. The number of carbonyl (C=O) groups excluding carboxylic acids is 1. The summed E-state index contributed by atoms with van der Waals surface area (Å²) in [7, 11) is 1.62. The number of esters is 1. The standard InChI is InChI=1S/C13H16O3/c1-11(14)16-13(9-6-10-15-2)12-7-4-3-5-8-12/h3-9,13H,10H2,1-2H3/b9-6+. The average Bonchev–Trinajstić information content (AvgIpc) is 2.29. The molecule has 0 fully saturated rings. The van der Waals surface area contributed by atoms with Crippen molar-refractivity contribution in [1.29, 1.82) is 0 Å². The predicted molar refractivity (Wildman–Crippen MR) is 62.0 cm³/mol. The van der Waals surface area contributed by atoms with E-state index in [4.69, 9.17) is 9.47 Å². The lowest BCUT2D eigenvalue weighted by atomic mass is 10.1. The molecule has 0 aliphatic heterocycles. The van der Waals surface area contributed by atoms with E-state index >= 15 is 0 Å². The number of ether oxygens (including phenoxy) is 2. The van der Waals surface area contributed by atoms with E-state index in [0.717, 1.165) is 5.56 Å². The summed E-state index contributed by atoms with van der Waals surface area (Å²) in [5.41, 5.74) is 0.949. The molecule has 1 rings (SSSR count). The van der Waals surface area contributed by atoms with Gasteiger partial charge in [-0.25, -0.2) is 0 Å². The van der Waals surface area contributed by atoms with E-state index in [1.54, 1.807) is 7.11 Å². The van der Waals surface area contributed by atoms with Gasteiger partial charge in [-0.3, -0.25) is 4.79 Å². The molecule has 0 aromatic heterocycles. The highest BCUT2D eigenvalue weighted by molar-refractivity contribution is 5.66. The molecular formula is C13H16O3. The van der Waals surface area contributed by atoms with Crippen LogP contribution in [-0.4, -0.2) is 19.7 Å². The highest BCUT2D eigenvalue weighted by Gasteiger charge is 2.09. The SMILES string of the molecule is COC/C=C/C(OC(C)=O)c1ccccc1. The minimum Gasteiger partial charge on any atom is -0.453 e. The van der Waals surface area contributed by atoms with E-state index in [-0.39, 0.29) is 12.1 Å². The van der Waals surface area contributed by atoms with Crippen molar-refractivity contribution in [2.45, 2.75) is 13.0 Å². The van der Waals surface area contributed by atoms with Gasteiger partial charge in [0.2, 0.25) is 0 Å². The molecule has 0 saturated heterocycles. The van der Waals surface area contributed by atoms with E-state index in [9.17, 15) is 4.79 Å². The van der Waals surface area contributed by atoms with Crippen LogP contribution in [-0.2, 0) is 14.3 Å². The van der Waals surface area contributed by atoms with E-state index in [1.807, 2.05) is 42.5 Å². The lowest BCUT2D eigenvalue weighted by Gasteiger charge is -2.13. The van der Waals surface area contributed by atoms with Crippen LogP contribution in [0.25, 0.3) is 0 Å². The van der Waals surface area contributed by atoms with E-state index in [0.29, 0.717) is 6.61 Å². The molecule has 3 nitrogen and oxygen atoms in total. The zero-order chi connectivity index (χ0) is 11.8. The largest absolute Gasteiger partial charge is 0.453 e. The van der Waals surface area contributed by atoms with Gasteiger partial charge in [-0.2, -0.15) is 0 Å². The fourth-order valence-electron chi connectivity index (χ4n) is 1.32. The third-order valence-electron chi connectivity index (χ3n) is 1.99. The maximum atomic E-state index is 11.0. The summed E-state index contributed by atoms with van der Waals surface area (Å²) in [5, 5.41) is 0. The Morgan fingerprint density at radius 2 is 2.06 bits per heavy atom. The van der Waals surface area contributed by atoms with Crippen LogP contribution in [0, 0.1) is 0 Å². The van der Waals surface area contributed by atoms with E-state index in [2.05, 4.69) is 0 Å². The number of hydrogen-bond donors (Lipinski definition) is 0. The molecule has 1 aromatic carbocycles. The molecule has 1 unspecified atom stereocenters. The Labute approximate surface area is 95.7 Å². The summed E-state index contributed by atoms with van der Waals surface area (Å²) in [6.45, 7) is 1.91. The third kappa shape index (κ3) is 4.28. The lowest BCUT2D eigenvalue weighted by Crippen LogP contribution is -2.06. The van der Waals surface area contributed by atoms with Crippen LogP contribution in [0.2, 0.25) is 0 Å². The maximum absolute atomic E-state index is 11.0. The molecule has 1 aromatic rings. The molecule has 16 heavy (non-hydrogen) atoms. The molecule has 0 amide bonds. The fourth-order valence-corrected chi connectivity index (χ4v) is 1.32. The number of benzene rings is 1. The number of hydrogen-bond acceptors (Lipinski definition) is 3. The van der Waals surface area contributed by atoms with Crippen molar-refractivity contribution in [2.24, 2.45) is 0 Å². The number of carbonyl (C=O) groups is 1. The van der Waals surface area contributed by atoms with Gasteiger partial charge in [0, 0.05) is 14.0 Å². The first-order valence-corrected chi connectivity index (χ1v) is 5.12. The van der Waals surface area contributed by atoms with Crippen LogP contribution in [0.4, 0.5) is 0 Å². The summed E-state index contributed by atoms with van der Waals surface area (Å²) in [6.07, 6.45) is 3.31. The summed E-state index contributed by atoms with van der Waals surface area (Å²) in [5.74, 6) is -0.295. The molecule has 3 heteroatoms. The van der Waals surface area contributed by atoms with Gasteiger partial charge >= 0.3 is 5.97 Å². The number of rotatable bonds is 5. The second-order valence-corrected chi connectivity index (χ2v) is 3.32. The molecule has 0 bridgehead atoms. The quantitative estimate of drug-likeness (QED) is 0.565. The summed E-state index contributed by atoms with van der Waals surface area (Å²) in [6, 6.07) is 9.59. The minimum absolute atomic E-state index is 0.295. The Morgan fingerprint density at radius 3 is 2.62 bits per heavy atom. The molecule has 0 radical (unpaired) electrons. The Bertz CT molecular complexity index is 343. The van der Waals surface area contributed by atoms with Crippen molar-refractivity contribution in [2.75, 3.05) is 13.7 Å². The molecule has 86 valence electrons. The third-order valence-corrected chi connectivity index (χ3v) is 1.99. The fraction of sp³-hybridized carbons (Fsp3) is 0.308. The molecular weight excluding hydrogens is 204 g/mol. The zero-order valence-corrected chi connectivity index (χ0v) is 9.55. The first-order chi connectivity index (χ1) is 7.74. The van der Waals surface area contributed by atoms with Crippen LogP contribution in [0.15, 0.2) is 42.5 Å². The molecule has 0 aliphatic rings. The molecule has 0 N–H and O–H groups in total. The highest BCUT2D eigenvalue weighted by Crippen LogP contribution is 2.18.